The van der Waals surface area contributed by atoms with E-state index in [-0.39, 0.29) is 12.6 Å². The molecule has 2 aromatic carbocycles. The van der Waals surface area contributed by atoms with E-state index in [1.54, 1.807) is 37.3 Å². The van der Waals surface area contributed by atoms with E-state index in [0.717, 1.165) is 11.8 Å². The molecule has 0 fully saturated rings. The molecule has 2 rings (SSSR count). The molecule has 0 bridgehead atoms. The van der Waals surface area contributed by atoms with Crippen LogP contribution in [0.1, 0.15) is 56.0 Å². The number of aldehydes is 1. The maximum atomic E-state index is 12.3. The van der Waals surface area contributed by atoms with Gasteiger partial charge in [0.1, 0.15) is 17.8 Å². The van der Waals surface area contributed by atoms with Gasteiger partial charge in [-0.2, -0.15) is 0 Å². The summed E-state index contributed by atoms with van der Waals surface area (Å²) >= 11 is 0. The zero-order valence-electron chi connectivity index (χ0n) is 20.6. The minimum atomic E-state index is -0.748. The molecule has 2 unspecified atom stereocenters. The van der Waals surface area contributed by atoms with Crippen molar-refractivity contribution in [2.45, 2.75) is 58.8 Å². The lowest BCUT2D eigenvalue weighted by molar-refractivity contribution is -0.152. The van der Waals surface area contributed by atoms with E-state index >= 15 is 0 Å². The highest BCUT2D eigenvalue weighted by Crippen LogP contribution is 2.18. The first-order valence-electron chi connectivity index (χ1n) is 11.9. The fourth-order valence-corrected chi connectivity index (χ4v) is 3.15. The second-order valence-electron chi connectivity index (χ2n) is 7.69. The van der Waals surface area contributed by atoms with Gasteiger partial charge in [-0.25, -0.2) is 9.59 Å². The minimum Gasteiger partial charge on any atom is -0.479 e. The summed E-state index contributed by atoms with van der Waals surface area (Å²) in [7, 11) is 0. The number of hydrogen-bond acceptors (Lipinski definition) is 8. The van der Waals surface area contributed by atoms with E-state index in [1.165, 1.54) is 0 Å². The van der Waals surface area contributed by atoms with Gasteiger partial charge in [-0.3, -0.25) is 4.79 Å². The number of ether oxygens (including phenoxy) is 5. The fraction of sp³-hybridized carbons (Fsp3) is 0.444. The molecule has 35 heavy (non-hydrogen) atoms. The first kappa shape index (κ1) is 27.9. The summed E-state index contributed by atoms with van der Waals surface area (Å²) in [6.07, 6.45) is 0.801. The lowest BCUT2D eigenvalue weighted by Crippen LogP contribution is -2.29. The molecule has 0 N–H and O–H groups in total. The van der Waals surface area contributed by atoms with Gasteiger partial charge in [-0.05, 0) is 49.6 Å². The van der Waals surface area contributed by atoms with Gasteiger partial charge in [0, 0.05) is 12.0 Å². The third kappa shape index (κ3) is 9.78. The van der Waals surface area contributed by atoms with E-state index in [9.17, 15) is 14.4 Å². The molecule has 0 amide bonds. The van der Waals surface area contributed by atoms with E-state index < -0.39 is 18.2 Å². The van der Waals surface area contributed by atoms with Crippen LogP contribution in [0.4, 0.5) is 0 Å². The van der Waals surface area contributed by atoms with Gasteiger partial charge in [-0.15, -0.1) is 0 Å². The summed E-state index contributed by atoms with van der Waals surface area (Å²) in [4.78, 5) is 35.2. The van der Waals surface area contributed by atoms with E-state index in [1.807, 2.05) is 32.0 Å². The summed E-state index contributed by atoms with van der Waals surface area (Å²) in [6.45, 7) is 6.72. The Balaban J connectivity index is 1.71. The summed E-state index contributed by atoms with van der Waals surface area (Å²) in [6, 6.07) is 14.0. The molecule has 2 atom stereocenters. The molecular weight excluding hydrogens is 452 g/mol. The normalized spacial score (nSPS) is 12.3. The van der Waals surface area contributed by atoms with Gasteiger partial charge >= 0.3 is 11.9 Å². The van der Waals surface area contributed by atoms with Crippen LogP contribution in [0, 0.1) is 0 Å². The number of hydrogen-bond donors (Lipinski definition) is 0. The largest absolute Gasteiger partial charge is 0.479 e. The fourth-order valence-electron chi connectivity index (χ4n) is 3.15. The smallest absolute Gasteiger partial charge is 0.347 e. The molecule has 0 radical (unpaired) electrons. The maximum Gasteiger partial charge on any atom is 0.347 e. The molecule has 0 saturated heterocycles. The van der Waals surface area contributed by atoms with E-state index in [4.69, 9.17) is 23.7 Å². The number of carbonyl (C=O) groups is 3. The number of benzene rings is 2. The molecule has 0 aliphatic heterocycles. The Hall–Kier alpha value is -3.39. The molecule has 0 aliphatic rings. The predicted molar refractivity (Wildman–Crippen MR) is 130 cm³/mol. The second-order valence-corrected chi connectivity index (χ2v) is 7.69. The Labute approximate surface area is 206 Å². The Bertz CT molecular complexity index is 942. The van der Waals surface area contributed by atoms with Gasteiger partial charge in [0.15, 0.2) is 12.2 Å². The van der Waals surface area contributed by atoms with Crippen LogP contribution in [0.5, 0.6) is 11.5 Å². The van der Waals surface area contributed by atoms with Crippen molar-refractivity contribution in [3.05, 3.63) is 59.7 Å². The zero-order chi connectivity index (χ0) is 25.5. The summed E-state index contributed by atoms with van der Waals surface area (Å²) in [5.41, 5.74) is 1.37. The minimum absolute atomic E-state index is 0.202. The SMILES string of the molecule is CCOC(=O)C(CC)Oc1cccc(COCCCOC(=O)C(CC)Oc2cccc(C=O)c2)c1. The van der Waals surface area contributed by atoms with Crippen molar-refractivity contribution >= 4 is 18.2 Å². The summed E-state index contributed by atoms with van der Waals surface area (Å²) in [5.74, 6) is 0.182. The molecule has 8 nitrogen and oxygen atoms in total. The van der Waals surface area contributed by atoms with Gasteiger partial charge in [-0.1, -0.05) is 38.1 Å². The lowest BCUT2D eigenvalue weighted by Gasteiger charge is -2.17. The van der Waals surface area contributed by atoms with E-state index in [2.05, 4.69) is 0 Å². The van der Waals surface area contributed by atoms with Crippen LogP contribution in [-0.2, 0) is 30.4 Å². The van der Waals surface area contributed by atoms with Crippen molar-refractivity contribution in [3.8, 4) is 11.5 Å². The molecule has 0 spiro atoms. The van der Waals surface area contributed by atoms with Crippen molar-refractivity contribution in [3.63, 3.8) is 0 Å². The van der Waals surface area contributed by atoms with Crippen LogP contribution in [0.25, 0.3) is 0 Å². The topological polar surface area (TPSA) is 97.4 Å². The number of esters is 2. The Kier molecular flexibility index (Phi) is 12.3. The Morgan fingerprint density at radius 3 is 2.09 bits per heavy atom. The monoisotopic (exact) mass is 486 g/mol. The second kappa shape index (κ2) is 15.5. The standard InChI is InChI=1S/C27H34O8/c1-4-24(26(29)32-6-3)35-23-13-8-11-21(17-23)19-31-14-9-15-33-27(30)25(5-2)34-22-12-7-10-20(16-22)18-28/h7-8,10-13,16-18,24-25H,4-6,9,14-15,19H2,1-3H3. The van der Waals surface area contributed by atoms with Crippen molar-refractivity contribution in [2.24, 2.45) is 0 Å². The van der Waals surface area contributed by atoms with Crippen LogP contribution in [0.2, 0.25) is 0 Å². The summed E-state index contributed by atoms with van der Waals surface area (Å²) < 4.78 is 27.5. The molecule has 2 aromatic rings. The number of rotatable bonds is 16. The third-order valence-corrected chi connectivity index (χ3v) is 4.95. The quantitative estimate of drug-likeness (QED) is 0.194. The van der Waals surface area contributed by atoms with Crippen LogP contribution in [0.3, 0.4) is 0 Å². The van der Waals surface area contributed by atoms with Crippen LogP contribution < -0.4 is 9.47 Å². The molecule has 190 valence electrons. The van der Waals surface area contributed by atoms with Gasteiger partial charge in [0.05, 0.1) is 26.4 Å². The maximum absolute atomic E-state index is 12.3. The van der Waals surface area contributed by atoms with Crippen molar-refractivity contribution in [2.75, 3.05) is 19.8 Å². The molecule has 8 heteroatoms. The molecule has 0 saturated carbocycles. The highest BCUT2D eigenvalue weighted by Gasteiger charge is 2.21. The molecular formula is C27H34O8. The highest BCUT2D eigenvalue weighted by atomic mass is 16.6. The van der Waals surface area contributed by atoms with Gasteiger partial charge < -0.3 is 23.7 Å². The first-order chi connectivity index (χ1) is 17.0. The lowest BCUT2D eigenvalue weighted by atomic mass is 10.2. The summed E-state index contributed by atoms with van der Waals surface area (Å²) in [5, 5.41) is 0. The van der Waals surface area contributed by atoms with E-state index in [0.29, 0.717) is 56.1 Å². The Morgan fingerprint density at radius 2 is 1.46 bits per heavy atom. The average Bonchev–Trinajstić information content (AvgIpc) is 2.88. The molecule has 0 aliphatic carbocycles. The van der Waals surface area contributed by atoms with Crippen LogP contribution in [-0.4, -0.2) is 50.3 Å². The van der Waals surface area contributed by atoms with Crippen molar-refractivity contribution < 1.29 is 38.1 Å². The van der Waals surface area contributed by atoms with Crippen LogP contribution in [0.15, 0.2) is 48.5 Å². The van der Waals surface area contributed by atoms with Crippen molar-refractivity contribution in [1.29, 1.82) is 0 Å². The van der Waals surface area contributed by atoms with Crippen molar-refractivity contribution in [1.82, 2.24) is 0 Å². The zero-order valence-corrected chi connectivity index (χ0v) is 20.6. The first-order valence-corrected chi connectivity index (χ1v) is 11.9. The predicted octanol–water partition coefficient (Wildman–Crippen LogP) is 4.53. The highest BCUT2D eigenvalue weighted by molar-refractivity contribution is 5.77. The molecule has 0 heterocycles. The van der Waals surface area contributed by atoms with Gasteiger partial charge in [0.25, 0.3) is 0 Å². The van der Waals surface area contributed by atoms with Crippen LogP contribution >= 0.6 is 0 Å². The third-order valence-electron chi connectivity index (χ3n) is 4.95. The number of carbonyl (C=O) groups excluding carboxylic acids is 3. The Morgan fingerprint density at radius 1 is 0.829 bits per heavy atom. The van der Waals surface area contributed by atoms with Gasteiger partial charge in [0.2, 0.25) is 0 Å². The average molecular weight is 487 g/mol. The molecule has 0 aromatic heterocycles.